The summed E-state index contributed by atoms with van der Waals surface area (Å²) in [5.74, 6) is 0.481. The number of hydrogen-bond donors (Lipinski definition) is 3. The maximum atomic E-state index is 11.9. The zero-order valence-corrected chi connectivity index (χ0v) is 14.1. The SMILES string of the molecule is CN=C(NCCc1csc(C)n1)NCC(=O)Nc1ccccc1. The number of anilines is 1. The number of amides is 1. The minimum atomic E-state index is -0.116. The molecule has 0 radical (unpaired) electrons. The Morgan fingerprint density at radius 2 is 2.04 bits per heavy atom. The summed E-state index contributed by atoms with van der Waals surface area (Å²) in [4.78, 5) is 20.4. The normalized spacial score (nSPS) is 11.1. The molecule has 0 saturated carbocycles. The average Bonchev–Trinajstić information content (AvgIpc) is 2.97. The van der Waals surface area contributed by atoms with Crippen molar-refractivity contribution in [3.63, 3.8) is 0 Å². The van der Waals surface area contributed by atoms with Crippen molar-refractivity contribution in [2.45, 2.75) is 13.3 Å². The molecule has 1 amide bonds. The average molecular weight is 331 g/mol. The highest BCUT2D eigenvalue weighted by atomic mass is 32.1. The predicted molar refractivity (Wildman–Crippen MR) is 95.0 cm³/mol. The number of nitrogens with zero attached hydrogens (tertiary/aromatic N) is 2. The van der Waals surface area contributed by atoms with E-state index in [-0.39, 0.29) is 12.5 Å². The van der Waals surface area contributed by atoms with Crippen LogP contribution in [0.1, 0.15) is 10.7 Å². The van der Waals surface area contributed by atoms with Crippen molar-refractivity contribution in [1.82, 2.24) is 15.6 Å². The van der Waals surface area contributed by atoms with E-state index in [9.17, 15) is 4.79 Å². The van der Waals surface area contributed by atoms with Crippen molar-refractivity contribution in [3.8, 4) is 0 Å². The Balaban J connectivity index is 1.69. The molecule has 1 heterocycles. The topological polar surface area (TPSA) is 78.4 Å². The van der Waals surface area contributed by atoms with Gasteiger partial charge in [0.2, 0.25) is 5.91 Å². The molecule has 122 valence electrons. The molecule has 0 unspecified atom stereocenters. The van der Waals surface area contributed by atoms with Gasteiger partial charge >= 0.3 is 0 Å². The van der Waals surface area contributed by atoms with E-state index in [4.69, 9.17) is 0 Å². The number of nitrogens with one attached hydrogen (secondary N) is 3. The van der Waals surface area contributed by atoms with Crippen molar-refractivity contribution in [1.29, 1.82) is 0 Å². The molecule has 0 bridgehead atoms. The van der Waals surface area contributed by atoms with Crippen LogP contribution < -0.4 is 16.0 Å². The van der Waals surface area contributed by atoms with Crippen LogP contribution in [-0.2, 0) is 11.2 Å². The molecule has 0 aliphatic heterocycles. The number of carbonyl (C=O) groups is 1. The molecular weight excluding hydrogens is 310 g/mol. The molecule has 2 aromatic rings. The van der Waals surface area contributed by atoms with Crippen LogP contribution in [0.15, 0.2) is 40.7 Å². The van der Waals surface area contributed by atoms with E-state index in [1.54, 1.807) is 18.4 Å². The van der Waals surface area contributed by atoms with Gasteiger partial charge in [0.25, 0.3) is 0 Å². The fraction of sp³-hybridized carbons (Fsp3) is 0.312. The molecule has 0 spiro atoms. The fourth-order valence-electron chi connectivity index (χ4n) is 1.94. The summed E-state index contributed by atoms with van der Waals surface area (Å²) >= 11 is 1.65. The number of rotatable bonds is 6. The molecule has 3 N–H and O–H groups in total. The first kappa shape index (κ1) is 17.0. The van der Waals surface area contributed by atoms with Crippen LogP contribution >= 0.6 is 11.3 Å². The third kappa shape index (κ3) is 6.07. The Labute approximate surface area is 140 Å². The molecular formula is C16H21N5OS. The van der Waals surface area contributed by atoms with E-state index in [1.165, 1.54) is 0 Å². The zero-order chi connectivity index (χ0) is 16.5. The molecule has 0 aliphatic rings. The smallest absolute Gasteiger partial charge is 0.243 e. The summed E-state index contributed by atoms with van der Waals surface area (Å²) in [5, 5.41) is 12.1. The number of aryl methyl sites for hydroxylation is 1. The number of aliphatic imine (C=N–C) groups is 1. The highest BCUT2D eigenvalue weighted by molar-refractivity contribution is 7.09. The van der Waals surface area contributed by atoms with E-state index in [1.807, 2.05) is 37.3 Å². The molecule has 0 fully saturated rings. The standard InChI is InChI=1S/C16H21N5OS/c1-12-20-14(11-23-12)8-9-18-16(17-2)19-10-15(22)21-13-6-4-3-5-7-13/h3-7,11H,8-10H2,1-2H3,(H,21,22)(H2,17,18,19). The second-order valence-electron chi connectivity index (χ2n) is 4.87. The lowest BCUT2D eigenvalue weighted by molar-refractivity contribution is -0.115. The van der Waals surface area contributed by atoms with Crippen molar-refractivity contribution >= 4 is 28.9 Å². The maximum absolute atomic E-state index is 11.9. The van der Waals surface area contributed by atoms with Crippen molar-refractivity contribution in [2.24, 2.45) is 4.99 Å². The summed E-state index contributed by atoms with van der Waals surface area (Å²) in [5.41, 5.74) is 1.85. The van der Waals surface area contributed by atoms with E-state index in [2.05, 4.69) is 31.3 Å². The Bertz CT molecular complexity index is 654. The summed E-state index contributed by atoms with van der Waals surface area (Å²) in [6, 6.07) is 9.36. The summed E-state index contributed by atoms with van der Waals surface area (Å²) in [7, 11) is 1.68. The van der Waals surface area contributed by atoms with Gasteiger partial charge in [0.15, 0.2) is 5.96 Å². The van der Waals surface area contributed by atoms with Gasteiger partial charge in [-0.3, -0.25) is 9.79 Å². The number of aromatic nitrogens is 1. The molecule has 0 atom stereocenters. The lowest BCUT2D eigenvalue weighted by atomic mass is 10.3. The van der Waals surface area contributed by atoms with Crippen LogP contribution in [-0.4, -0.2) is 37.0 Å². The van der Waals surface area contributed by atoms with Crippen LogP contribution in [0.3, 0.4) is 0 Å². The number of thiazole rings is 1. The summed E-state index contributed by atoms with van der Waals surface area (Å²) < 4.78 is 0. The van der Waals surface area contributed by atoms with Gasteiger partial charge in [-0.25, -0.2) is 4.98 Å². The van der Waals surface area contributed by atoms with Crippen LogP contribution in [0.25, 0.3) is 0 Å². The van der Waals surface area contributed by atoms with Crippen LogP contribution in [0.2, 0.25) is 0 Å². The summed E-state index contributed by atoms with van der Waals surface area (Å²) in [6.07, 6.45) is 0.821. The van der Waals surface area contributed by atoms with E-state index < -0.39 is 0 Å². The summed E-state index contributed by atoms with van der Waals surface area (Å²) in [6.45, 7) is 2.86. The van der Waals surface area contributed by atoms with Gasteiger partial charge < -0.3 is 16.0 Å². The lowest BCUT2D eigenvalue weighted by Crippen LogP contribution is -2.42. The van der Waals surface area contributed by atoms with Crippen molar-refractivity contribution < 1.29 is 4.79 Å². The van der Waals surface area contributed by atoms with Crippen molar-refractivity contribution in [2.75, 3.05) is 25.5 Å². The third-order valence-electron chi connectivity index (χ3n) is 3.04. The van der Waals surface area contributed by atoms with Gasteiger partial charge in [-0.2, -0.15) is 0 Å². The van der Waals surface area contributed by atoms with Crippen LogP contribution in [0.5, 0.6) is 0 Å². The number of benzene rings is 1. The monoisotopic (exact) mass is 331 g/mol. The third-order valence-corrected chi connectivity index (χ3v) is 3.86. The Kier molecular flexibility index (Phi) is 6.56. The first-order valence-corrected chi connectivity index (χ1v) is 8.26. The van der Waals surface area contributed by atoms with E-state index in [0.717, 1.165) is 22.8 Å². The number of guanidine groups is 1. The highest BCUT2D eigenvalue weighted by Gasteiger charge is 2.04. The first-order chi connectivity index (χ1) is 11.2. The van der Waals surface area contributed by atoms with Crippen LogP contribution in [0.4, 0.5) is 5.69 Å². The number of para-hydroxylation sites is 1. The molecule has 0 saturated heterocycles. The zero-order valence-electron chi connectivity index (χ0n) is 13.3. The molecule has 6 nitrogen and oxygen atoms in total. The van der Waals surface area contributed by atoms with Crippen LogP contribution in [0, 0.1) is 6.92 Å². The molecule has 0 aliphatic carbocycles. The molecule has 1 aromatic heterocycles. The maximum Gasteiger partial charge on any atom is 0.243 e. The minimum absolute atomic E-state index is 0.116. The van der Waals surface area contributed by atoms with Gasteiger partial charge in [0.1, 0.15) is 0 Å². The van der Waals surface area contributed by atoms with Crippen molar-refractivity contribution in [3.05, 3.63) is 46.4 Å². The lowest BCUT2D eigenvalue weighted by Gasteiger charge is -2.11. The minimum Gasteiger partial charge on any atom is -0.356 e. The first-order valence-electron chi connectivity index (χ1n) is 7.38. The fourth-order valence-corrected chi connectivity index (χ4v) is 2.59. The molecule has 2 rings (SSSR count). The Hall–Kier alpha value is -2.41. The number of carbonyl (C=O) groups excluding carboxylic acids is 1. The Morgan fingerprint density at radius 3 is 2.70 bits per heavy atom. The van der Waals surface area contributed by atoms with E-state index >= 15 is 0 Å². The highest BCUT2D eigenvalue weighted by Crippen LogP contribution is 2.07. The predicted octanol–water partition coefficient (Wildman–Crippen LogP) is 1.80. The van der Waals surface area contributed by atoms with Gasteiger partial charge in [-0.1, -0.05) is 18.2 Å². The molecule has 23 heavy (non-hydrogen) atoms. The van der Waals surface area contributed by atoms with Gasteiger partial charge in [0.05, 0.1) is 17.2 Å². The van der Waals surface area contributed by atoms with E-state index in [0.29, 0.717) is 12.5 Å². The second kappa shape index (κ2) is 8.89. The quantitative estimate of drug-likeness (QED) is 0.557. The molecule has 1 aromatic carbocycles. The van der Waals surface area contributed by atoms with Gasteiger partial charge in [-0.05, 0) is 19.1 Å². The van der Waals surface area contributed by atoms with Gasteiger partial charge in [0, 0.05) is 31.1 Å². The Morgan fingerprint density at radius 1 is 1.26 bits per heavy atom. The second-order valence-corrected chi connectivity index (χ2v) is 5.94. The molecule has 7 heteroatoms. The largest absolute Gasteiger partial charge is 0.356 e. The number of hydrogen-bond acceptors (Lipinski definition) is 4. The van der Waals surface area contributed by atoms with Gasteiger partial charge in [-0.15, -0.1) is 11.3 Å².